The minimum Gasteiger partial charge on any atom is -0.457 e. The van der Waals surface area contributed by atoms with Gasteiger partial charge >= 0.3 is 0 Å². The van der Waals surface area contributed by atoms with Crippen molar-refractivity contribution in [3.63, 3.8) is 0 Å². The normalized spacial score (nSPS) is 14.3. The molecule has 2 N–H and O–H groups in total. The highest BCUT2D eigenvalue weighted by Gasteiger charge is 2.15. The summed E-state index contributed by atoms with van der Waals surface area (Å²) in [6.45, 7) is 0. The van der Waals surface area contributed by atoms with Crippen LogP contribution in [0.15, 0.2) is 66.9 Å². The Morgan fingerprint density at radius 1 is 0.935 bits per heavy atom. The average Bonchev–Trinajstić information content (AvgIpc) is 3.28. The van der Waals surface area contributed by atoms with E-state index in [4.69, 9.17) is 4.74 Å². The molecule has 0 bridgehead atoms. The first kappa shape index (κ1) is 19.2. The van der Waals surface area contributed by atoms with Crippen molar-refractivity contribution in [1.29, 1.82) is 5.26 Å². The van der Waals surface area contributed by atoms with Crippen molar-refractivity contribution in [3.05, 3.63) is 78.1 Å². The van der Waals surface area contributed by atoms with Crippen LogP contribution < -0.4 is 10.1 Å². The van der Waals surface area contributed by atoms with Crippen molar-refractivity contribution in [3.8, 4) is 17.6 Å². The van der Waals surface area contributed by atoms with Crippen LogP contribution in [0, 0.1) is 11.3 Å². The zero-order chi connectivity index (χ0) is 21.0. The molecule has 1 saturated carbocycles. The third kappa shape index (κ3) is 4.39. The van der Waals surface area contributed by atoms with E-state index in [9.17, 15) is 5.26 Å². The molecule has 0 amide bonds. The van der Waals surface area contributed by atoms with E-state index in [-0.39, 0.29) is 0 Å². The number of ether oxygens (including phenoxy) is 1. The molecule has 0 unspecified atom stereocenters. The number of aromatic nitrogens is 2. The Morgan fingerprint density at radius 3 is 2.58 bits per heavy atom. The Morgan fingerprint density at radius 2 is 1.77 bits per heavy atom. The van der Waals surface area contributed by atoms with E-state index in [1.54, 1.807) is 6.07 Å². The topological polar surface area (TPSA) is 73.7 Å². The van der Waals surface area contributed by atoms with Gasteiger partial charge < -0.3 is 15.0 Å². The van der Waals surface area contributed by atoms with Crippen LogP contribution in [0.25, 0.3) is 10.9 Å². The third-order valence-electron chi connectivity index (χ3n) is 5.93. The molecule has 0 spiro atoms. The molecular formula is C26H24N4O. The number of aromatic amines is 1. The lowest BCUT2D eigenvalue weighted by Gasteiger charge is -2.22. The number of hydrogen-bond donors (Lipinski definition) is 2. The van der Waals surface area contributed by atoms with Crippen LogP contribution in [0.4, 0.5) is 11.5 Å². The number of benzene rings is 2. The van der Waals surface area contributed by atoms with E-state index in [0.717, 1.165) is 22.3 Å². The van der Waals surface area contributed by atoms with Gasteiger partial charge in [-0.15, -0.1) is 0 Å². The molecule has 0 radical (unpaired) electrons. The molecule has 0 atom stereocenters. The van der Waals surface area contributed by atoms with Crippen LogP contribution in [0.1, 0.15) is 49.3 Å². The van der Waals surface area contributed by atoms with Crippen molar-refractivity contribution in [2.75, 3.05) is 5.32 Å². The number of pyridine rings is 1. The van der Waals surface area contributed by atoms with E-state index in [0.29, 0.717) is 23.2 Å². The summed E-state index contributed by atoms with van der Waals surface area (Å²) in [5.41, 5.74) is 3.62. The Labute approximate surface area is 181 Å². The smallest absolute Gasteiger partial charge is 0.146 e. The number of nitrogens with zero attached hydrogens (tertiary/aromatic N) is 2. The van der Waals surface area contributed by atoms with Gasteiger partial charge in [0.15, 0.2) is 0 Å². The summed E-state index contributed by atoms with van der Waals surface area (Å²) in [6.07, 6.45) is 8.47. The van der Waals surface area contributed by atoms with Gasteiger partial charge in [-0.2, -0.15) is 5.26 Å². The number of nitrogens with one attached hydrogen (secondary N) is 2. The number of H-pyrrole nitrogens is 1. The summed E-state index contributed by atoms with van der Waals surface area (Å²) in [5, 5.41) is 13.8. The first-order valence-corrected chi connectivity index (χ1v) is 10.8. The molecular weight excluding hydrogens is 384 g/mol. The standard InChI is InChI=1S/C26H24N4O/c27-17-22-14-24(31-23-10-7-19(8-11-23)18-4-2-1-3-5-18)16-26(30-22)29-21-9-6-20-12-13-28-25(20)15-21/h6-16,18,28H,1-5H2,(H,29,30). The first-order chi connectivity index (χ1) is 15.3. The van der Waals surface area contributed by atoms with Gasteiger partial charge in [-0.05, 0) is 60.0 Å². The highest BCUT2D eigenvalue weighted by Crippen LogP contribution is 2.34. The molecule has 5 rings (SSSR count). The Hall–Kier alpha value is -3.78. The predicted octanol–water partition coefficient (Wildman–Crippen LogP) is 7.02. The van der Waals surface area contributed by atoms with Crippen LogP contribution in [0.2, 0.25) is 0 Å². The van der Waals surface area contributed by atoms with Gasteiger partial charge in [0.05, 0.1) is 0 Å². The third-order valence-corrected chi connectivity index (χ3v) is 5.93. The van der Waals surface area contributed by atoms with Gasteiger partial charge in [-0.3, -0.25) is 0 Å². The first-order valence-electron chi connectivity index (χ1n) is 10.8. The van der Waals surface area contributed by atoms with Crippen LogP contribution in [-0.4, -0.2) is 9.97 Å². The Kier molecular flexibility index (Phi) is 5.28. The summed E-state index contributed by atoms with van der Waals surface area (Å²) in [7, 11) is 0. The molecule has 1 fully saturated rings. The van der Waals surface area contributed by atoms with Gasteiger partial charge in [0.25, 0.3) is 0 Å². The van der Waals surface area contributed by atoms with Crippen LogP contribution in [0.5, 0.6) is 11.5 Å². The van der Waals surface area contributed by atoms with Crippen molar-refractivity contribution in [1.82, 2.24) is 9.97 Å². The number of hydrogen-bond acceptors (Lipinski definition) is 4. The molecule has 5 heteroatoms. The zero-order valence-corrected chi connectivity index (χ0v) is 17.3. The van der Waals surface area contributed by atoms with Gasteiger partial charge in [0.2, 0.25) is 0 Å². The molecule has 0 aliphatic heterocycles. The van der Waals surface area contributed by atoms with Gasteiger partial charge in [0.1, 0.15) is 29.1 Å². The quantitative estimate of drug-likeness (QED) is 0.372. The molecule has 4 aromatic rings. The minimum atomic E-state index is 0.305. The molecule has 2 aromatic carbocycles. The van der Waals surface area contributed by atoms with E-state index in [1.165, 1.54) is 37.7 Å². The lowest BCUT2D eigenvalue weighted by Crippen LogP contribution is -2.04. The number of anilines is 2. The van der Waals surface area contributed by atoms with Crippen LogP contribution in [0.3, 0.4) is 0 Å². The van der Waals surface area contributed by atoms with Crippen molar-refractivity contribution >= 4 is 22.4 Å². The maximum atomic E-state index is 9.41. The van der Waals surface area contributed by atoms with Crippen molar-refractivity contribution in [2.24, 2.45) is 0 Å². The molecule has 31 heavy (non-hydrogen) atoms. The molecule has 2 heterocycles. The SMILES string of the molecule is N#Cc1cc(Oc2ccc(C3CCCCC3)cc2)cc(Nc2ccc3cc[nH]c3c2)n1. The van der Waals surface area contributed by atoms with Crippen molar-refractivity contribution in [2.45, 2.75) is 38.0 Å². The maximum Gasteiger partial charge on any atom is 0.146 e. The Bertz CT molecular complexity index is 1230. The highest BCUT2D eigenvalue weighted by atomic mass is 16.5. The number of rotatable bonds is 5. The fourth-order valence-electron chi connectivity index (χ4n) is 4.34. The van der Waals surface area contributed by atoms with Gasteiger partial charge in [0, 0.05) is 29.5 Å². The minimum absolute atomic E-state index is 0.305. The average molecular weight is 409 g/mol. The second-order valence-corrected chi connectivity index (χ2v) is 8.10. The monoisotopic (exact) mass is 408 g/mol. The second kappa shape index (κ2) is 8.53. The zero-order valence-electron chi connectivity index (χ0n) is 17.3. The van der Waals surface area contributed by atoms with E-state index < -0.39 is 0 Å². The largest absolute Gasteiger partial charge is 0.457 e. The summed E-state index contributed by atoms with van der Waals surface area (Å²) in [6, 6.07) is 22.0. The van der Waals surface area contributed by atoms with Crippen LogP contribution >= 0.6 is 0 Å². The van der Waals surface area contributed by atoms with Crippen LogP contribution in [-0.2, 0) is 0 Å². The maximum absolute atomic E-state index is 9.41. The van der Waals surface area contributed by atoms with E-state index in [1.807, 2.05) is 48.7 Å². The number of fused-ring (bicyclic) bond motifs is 1. The molecule has 1 aliphatic carbocycles. The molecule has 5 nitrogen and oxygen atoms in total. The van der Waals surface area contributed by atoms with Gasteiger partial charge in [-0.1, -0.05) is 37.5 Å². The summed E-state index contributed by atoms with van der Waals surface area (Å²) in [4.78, 5) is 7.57. The van der Waals surface area contributed by atoms with E-state index in [2.05, 4.69) is 33.5 Å². The highest BCUT2D eigenvalue weighted by molar-refractivity contribution is 5.83. The Balaban J connectivity index is 1.34. The lowest BCUT2D eigenvalue weighted by atomic mass is 9.84. The summed E-state index contributed by atoms with van der Waals surface area (Å²) >= 11 is 0. The van der Waals surface area contributed by atoms with Crippen molar-refractivity contribution < 1.29 is 4.74 Å². The molecule has 1 aliphatic rings. The van der Waals surface area contributed by atoms with Gasteiger partial charge in [-0.25, -0.2) is 4.98 Å². The molecule has 2 aromatic heterocycles. The summed E-state index contributed by atoms with van der Waals surface area (Å²) in [5.74, 6) is 2.58. The summed E-state index contributed by atoms with van der Waals surface area (Å²) < 4.78 is 6.06. The molecule has 0 saturated heterocycles. The lowest BCUT2D eigenvalue weighted by molar-refractivity contribution is 0.442. The molecule has 154 valence electrons. The van der Waals surface area contributed by atoms with E-state index >= 15 is 0 Å². The fraction of sp³-hybridized carbons (Fsp3) is 0.231. The second-order valence-electron chi connectivity index (χ2n) is 8.10. The fourth-order valence-corrected chi connectivity index (χ4v) is 4.34. The number of nitriles is 1. The predicted molar refractivity (Wildman–Crippen MR) is 123 cm³/mol.